The van der Waals surface area contributed by atoms with E-state index in [1.165, 1.54) is 0 Å². The quantitative estimate of drug-likeness (QED) is 0.329. The van der Waals surface area contributed by atoms with Gasteiger partial charge in [0.25, 0.3) is 0 Å². The molecule has 166 valence electrons. The van der Waals surface area contributed by atoms with Gasteiger partial charge in [0.1, 0.15) is 0 Å². The van der Waals surface area contributed by atoms with E-state index in [0.29, 0.717) is 0 Å². The van der Waals surface area contributed by atoms with Crippen molar-refractivity contribution in [3.8, 4) is 11.3 Å². The predicted molar refractivity (Wildman–Crippen MR) is 138 cm³/mol. The third-order valence-electron chi connectivity index (χ3n) is 6.07. The summed E-state index contributed by atoms with van der Waals surface area (Å²) in [7, 11) is 1.72. The number of H-pyrrole nitrogens is 2. The standard InChI is InChI=1S/C28H23N5O/c1-17(34-2)27-25-15-22-10-8-20(31-22)13-18-6-7-19(30-18)14-21-9-11-23(32-21)16-26(33-25)28(27)24-5-3-4-12-29-24/h3-17,30,33H,1-2H3. The largest absolute Gasteiger partial charge is 0.377 e. The molecule has 0 radical (unpaired) electrons. The highest BCUT2D eigenvalue weighted by Crippen LogP contribution is 2.36. The molecular formula is C28H23N5O. The van der Waals surface area contributed by atoms with Gasteiger partial charge in [-0.2, -0.15) is 0 Å². The molecule has 2 aliphatic rings. The SMILES string of the molecule is COC(C)c1c(-c2ccccn2)c2cc3nc(cc4ccc(cc5nc(cc1[nH]2)C=C5)[nH]4)C=C3. The molecule has 0 aromatic carbocycles. The van der Waals surface area contributed by atoms with Crippen LogP contribution >= 0.6 is 0 Å². The third kappa shape index (κ3) is 3.74. The van der Waals surface area contributed by atoms with Crippen LogP contribution in [0.5, 0.6) is 0 Å². The number of fused-ring (bicyclic) bond motifs is 8. The zero-order valence-corrected chi connectivity index (χ0v) is 18.9. The Morgan fingerprint density at radius 2 is 1.35 bits per heavy atom. The lowest BCUT2D eigenvalue weighted by molar-refractivity contribution is 0.121. The van der Waals surface area contributed by atoms with Crippen molar-refractivity contribution in [2.45, 2.75) is 13.0 Å². The molecule has 8 bridgehead atoms. The number of hydrogen-bond donors (Lipinski definition) is 2. The Hall–Kier alpha value is -4.29. The van der Waals surface area contributed by atoms with Crippen LogP contribution in [-0.4, -0.2) is 32.0 Å². The van der Waals surface area contributed by atoms with E-state index in [9.17, 15) is 0 Å². The minimum atomic E-state index is -0.154. The predicted octanol–water partition coefficient (Wildman–Crippen LogP) is 6.43. The summed E-state index contributed by atoms with van der Waals surface area (Å²) in [5.41, 5.74) is 10.3. The van der Waals surface area contributed by atoms with Gasteiger partial charge < -0.3 is 14.7 Å². The molecule has 34 heavy (non-hydrogen) atoms. The highest BCUT2D eigenvalue weighted by atomic mass is 16.5. The van der Waals surface area contributed by atoms with Gasteiger partial charge in [-0.25, -0.2) is 9.97 Å². The van der Waals surface area contributed by atoms with E-state index in [0.717, 1.165) is 61.7 Å². The van der Waals surface area contributed by atoms with Crippen LogP contribution in [0.25, 0.3) is 57.6 Å². The number of aromatic nitrogens is 5. The smallest absolute Gasteiger partial charge is 0.0820 e. The Morgan fingerprint density at radius 3 is 1.94 bits per heavy atom. The van der Waals surface area contributed by atoms with Crippen LogP contribution in [0, 0.1) is 0 Å². The number of nitrogens with one attached hydrogen (secondary N) is 2. The van der Waals surface area contributed by atoms with Gasteiger partial charge in [-0.15, -0.1) is 0 Å². The number of hydrogen-bond acceptors (Lipinski definition) is 4. The summed E-state index contributed by atoms with van der Waals surface area (Å²) in [5, 5.41) is 0. The van der Waals surface area contributed by atoms with E-state index < -0.39 is 0 Å². The summed E-state index contributed by atoms with van der Waals surface area (Å²) < 4.78 is 5.80. The molecular weight excluding hydrogens is 422 g/mol. The van der Waals surface area contributed by atoms with Gasteiger partial charge in [-0.3, -0.25) is 4.98 Å². The van der Waals surface area contributed by atoms with Crippen molar-refractivity contribution < 1.29 is 4.74 Å². The second-order valence-corrected chi connectivity index (χ2v) is 8.37. The van der Waals surface area contributed by atoms with E-state index in [2.05, 4.69) is 27.1 Å². The Balaban J connectivity index is 1.75. The molecule has 0 saturated heterocycles. The number of aromatic amines is 2. The van der Waals surface area contributed by atoms with E-state index in [1.807, 2.05) is 79.9 Å². The number of nitrogens with zero attached hydrogens (tertiary/aromatic N) is 3. The summed E-state index contributed by atoms with van der Waals surface area (Å²) in [6.07, 6.45) is 9.75. The van der Waals surface area contributed by atoms with Crippen molar-refractivity contribution in [2.75, 3.05) is 7.11 Å². The van der Waals surface area contributed by atoms with Gasteiger partial charge in [0.15, 0.2) is 0 Å². The lowest BCUT2D eigenvalue weighted by Crippen LogP contribution is -1.97. The Bertz CT molecular complexity index is 1610. The molecule has 0 spiro atoms. The molecule has 2 aliphatic heterocycles. The van der Waals surface area contributed by atoms with E-state index in [4.69, 9.17) is 14.7 Å². The van der Waals surface area contributed by atoms with Crippen LogP contribution in [-0.2, 0) is 4.74 Å². The zero-order valence-electron chi connectivity index (χ0n) is 18.9. The van der Waals surface area contributed by atoms with Crippen molar-refractivity contribution in [1.29, 1.82) is 0 Å². The van der Waals surface area contributed by atoms with Crippen molar-refractivity contribution in [3.63, 3.8) is 0 Å². The first-order chi connectivity index (χ1) is 16.7. The summed E-state index contributed by atoms with van der Waals surface area (Å²) in [6.45, 7) is 2.05. The Morgan fingerprint density at radius 1 is 0.735 bits per heavy atom. The molecule has 0 aliphatic carbocycles. The highest BCUT2D eigenvalue weighted by Gasteiger charge is 2.20. The van der Waals surface area contributed by atoms with E-state index in [1.54, 1.807) is 7.11 Å². The second kappa shape index (κ2) is 8.24. The highest BCUT2D eigenvalue weighted by molar-refractivity contribution is 5.91. The van der Waals surface area contributed by atoms with Gasteiger partial charge in [0, 0.05) is 41.0 Å². The first kappa shape index (κ1) is 20.3. The lowest BCUT2D eigenvalue weighted by atomic mass is 10.0. The summed E-state index contributed by atoms with van der Waals surface area (Å²) in [5.74, 6) is 0. The molecule has 0 amide bonds. The average molecular weight is 446 g/mol. The van der Waals surface area contributed by atoms with E-state index in [-0.39, 0.29) is 6.10 Å². The summed E-state index contributed by atoms with van der Waals surface area (Å²) in [4.78, 5) is 21.3. The monoisotopic (exact) mass is 445 g/mol. The molecule has 1 unspecified atom stereocenters. The van der Waals surface area contributed by atoms with Crippen molar-refractivity contribution >= 4 is 46.4 Å². The van der Waals surface area contributed by atoms with Gasteiger partial charge in [-0.1, -0.05) is 6.07 Å². The minimum absolute atomic E-state index is 0.154. The maximum absolute atomic E-state index is 5.80. The average Bonchev–Trinajstić information content (AvgIpc) is 3.63. The maximum Gasteiger partial charge on any atom is 0.0820 e. The van der Waals surface area contributed by atoms with Gasteiger partial charge in [-0.05, 0) is 79.8 Å². The third-order valence-corrected chi connectivity index (χ3v) is 6.07. The fraction of sp³-hybridized carbons (Fsp3) is 0.107. The molecule has 4 aromatic heterocycles. The fourth-order valence-electron chi connectivity index (χ4n) is 4.43. The summed E-state index contributed by atoms with van der Waals surface area (Å²) >= 11 is 0. The maximum atomic E-state index is 5.80. The molecule has 6 heteroatoms. The van der Waals surface area contributed by atoms with Crippen molar-refractivity contribution in [3.05, 3.63) is 89.1 Å². The number of rotatable bonds is 3. The molecule has 4 aromatic rings. The molecule has 0 saturated carbocycles. The van der Waals surface area contributed by atoms with E-state index >= 15 is 0 Å². The van der Waals surface area contributed by atoms with Crippen LogP contribution < -0.4 is 0 Å². The molecule has 0 fully saturated rings. The minimum Gasteiger partial charge on any atom is -0.377 e. The first-order valence-corrected chi connectivity index (χ1v) is 11.2. The molecule has 6 rings (SSSR count). The number of ether oxygens (including phenoxy) is 1. The van der Waals surface area contributed by atoms with Gasteiger partial charge in [0.2, 0.25) is 0 Å². The normalized spacial score (nSPS) is 13.4. The Kier molecular flexibility index (Phi) is 4.93. The summed E-state index contributed by atoms with van der Waals surface area (Å²) in [6, 6.07) is 18.2. The van der Waals surface area contributed by atoms with Crippen molar-refractivity contribution in [2.24, 2.45) is 0 Å². The molecule has 2 N–H and O–H groups in total. The van der Waals surface area contributed by atoms with Crippen LogP contribution in [0.1, 0.15) is 41.4 Å². The number of methoxy groups -OCH3 is 1. The van der Waals surface area contributed by atoms with Gasteiger partial charge >= 0.3 is 0 Å². The first-order valence-electron chi connectivity index (χ1n) is 11.2. The van der Waals surface area contributed by atoms with Crippen LogP contribution in [0.15, 0.2) is 60.8 Å². The zero-order chi connectivity index (χ0) is 23.1. The molecule has 6 heterocycles. The fourth-order valence-corrected chi connectivity index (χ4v) is 4.43. The molecule has 6 nitrogen and oxygen atoms in total. The van der Waals surface area contributed by atoms with Crippen LogP contribution in [0.3, 0.4) is 0 Å². The second-order valence-electron chi connectivity index (χ2n) is 8.37. The number of pyridine rings is 1. The Labute approximate surface area is 196 Å². The topological polar surface area (TPSA) is 79.5 Å². The van der Waals surface area contributed by atoms with Crippen LogP contribution in [0.2, 0.25) is 0 Å². The van der Waals surface area contributed by atoms with Gasteiger partial charge in [0.05, 0.1) is 40.1 Å². The molecule has 1 atom stereocenters. The lowest BCUT2D eigenvalue weighted by Gasteiger charge is -2.11. The van der Waals surface area contributed by atoms with Crippen molar-refractivity contribution in [1.82, 2.24) is 24.9 Å². The van der Waals surface area contributed by atoms with Crippen LogP contribution in [0.4, 0.5) is 0 Å².